The third kappa shape index (κ3) is 4.77. The first-order valence-corrected chi connectivity index (χ1v) is 8.56. The molecule has 3 aromatic rings. The summed E-state index contributed by atoms with van der Waals surface area (Å²) >= 11 is 0. The lowest BCUT2D eigenvalue weighted by molar-refractivity contribution is -0.114. The highest BCUT2D eigenvalue weighted by molar-refractivity contribution is 5.89. The molecule has 2 N–H and O–H groups in total. The van der Waals surface area contributed by atoms with Gasteiger partial charge in [0.25, 0.3) is 0 Å². The standard InChI is InChI=1S/C20H22FN5O/c1-12-5-15-10-22-20(25-19(15)18(21)6-12)24-17-8-14(11-26(3)4)7-16(9-17)23-13(2)27/h5-10H,11H2,1-4H3,(H,23,27)(H,22,24,25). The van der Waals surface area contributed by atoms with Crippen LogP contribution in [0.3, 0.4) is 0 Å². The summed E-state index contributed by atoms with van der Waals surface area (Å²) in [4.78, 5) is 22.0. The number of nitrogens with one attached hydrogen (secondary N) is 2. The molecule has 3 rings (SSSR count). The summed E-state index contributed by atoms with van der Waals surface area (Å²) in [6, 6.07) is 8.95. The van der Waals surface area contributed by atoms with Crippen molar-refractivity contribution in [2.75, 3.05) is 24.7 Å². The number of carbonyl (C=O) groups excluding carboxylic acids is 1. The second-order valence-electron chi connectivity index (χ2n) is 6.84. The molecule has 0 unspecified atom stereocenters. The number of carbonyl (C=O) groups is 1. The van der Waals surface area contributed by atoms with Gasteiger partial charge in [0, 0.05) is 36.4 Å². The molecule has 0 aliphatic heterocycles. The maximum absolute atomic E-state index is 14.2. The van der Waals surface area contributed by atoms with E-state index in [2.05, 4.69) is 20.6 Å². The van der Waals surface area contributed by atoms with Crippen molar-refractivity contribution in [2.24, 2.45) is 0 Å². The Balaban J connectivity index is 1.96. The Morgan fingerprint density at radius 2 is 1.89 bits per heavy atom. The number of rotatable bonds is 5. The Morgan fingerprint density at radius 3 is 2.59 bits per heavy atom. The first kappa shape index (κ1) is 18.7. The summed E-state index contributed by atoms with van der Waals surface area (Å²) in [5.74, 6) is -0.237. The Hall–Kier alpha value is -3.06. The number of fused-ring (bicyclic) bond motifs is 1. The molecule has 1 amide bonds. The summed E-state index contributed by atoms with van der Waals surface area (Å²) in [6.45, 7) is 3.99. The van der Waals surface area contributed by atoms with Crippen LogP contribution in [0.25, 0.3) is 10.9 Å². The van der Waals surface area contributed by atoms with E-state index in [9.17, 15) is 9.18 Å². The van der Waals surface area contributed by atoms with Crippen LogP contribution in [0.4, 0.5) is 21.7 Å². The van der Waals surface area contributed by atoms with Gasteiger partial charge in [-0.1, -0.05) is 0 Å². The number of anilines is 3. The average Bonchev–Trinajstić information content (AvgIpc) is 2.54. The fourth-order valence-electron chi connectivity index (χ4n) is 2.93. The van der Waals surface area contributed by atoms with Crippen molar-refractivity contribution in [1.29, 1.82) is 0 Å². The van der Waals surface area contributed by atoms with E-state index < -0.39 is 0 Å². The van der Waals surface area contributed by atoms with Gasteiger partial charge < -0.3 is 15.5 Å². The summed E-state index contributed by atoms with van der Waals surface area (Å²) in [6.07, 6.45) is 1.60. The number of nitrogens with zero attached hydrogens (tertiary/aromatic N) is 3. The van der Waals surface area contributed by atoms with Gasteiger partial charge in [0.15, 0.2) is 0 Å². The number of hydrogen-bond acceptors (Lipinski definition) is 5. The molecule has 27 heavy (non-hydrogen) atoms. The first-order valence-electron chi connectivity index (χ1n) is 8.56. The molecule has 0 spiro atoms. The molecular weight excluding hydrogens is 345 g/mol. The minimum atomic E-state index is -0.379. The van der Waals surface area contributed by atoms with E-state index in [0.717, 1.165) is 11.1 Å². The molecule has 1 heterocycles. The number of benzene rings is 2. The van der Waals surface area contributed by atoms with E-state index >= 15 is 0 Å². The Labute approximate surface area is 157 Å². The monoisotopic (exact) mass is 367 g/mol. The minimum Gasteiger partial charge on any atom is -0.326 e. The van der Waals surface area contributed by atoms with Gasteiger partial charge in [-0.2, -0.15) is 0 Å². The van der Waals surface area contributed by atoms with E-state index in [-0.39, 0.29) is 17.2 Å². The van der Waals surface area contributed by atoms with Gasteiger partial charge in [-0.15, -0.1) is 0 Å². The molecule has 0 aliphatic rings. The zero-order valence-electron chi connectivity index (χ0n) is 15.8. The summed E-state index contributed by atoms with van der Waals surface area (Å²) in [7, 11) is 3.94. The Morgan fingerprint density at radius 1 is 1.15 bits per heavy atom. The van der Waals surface area contributed by atoms with Crippen LogP contribution in [0.5, 0.6) is 0 Å². The largest absolute Gasteiger partial charge is 0.326 e. The van der Waals surface area contributed by atoms with Crippen molar-refractivity contribution in [1.82, 2.24) is 14.9 Å². The lowest BCUT2D eigenvalue weighted by Crippen LogP contribution is -2.12. The zero-order chi connectivity index (χ0) is 19.6. The number of amides is 1. The van der Waals surface area contributed by atoms with Crippen LogP contribution in [0.15, 0.2) is 36.5 Å². The topological polar surface area (TPSA) is 70.2 Å². The van der Waals surface area contributed by atoms with E-state index in [1.807, 2.05) is 44.1 Å². The van der Waals surface area contributed by atoms with E-state index in [1.54, 1.807) is 12.3 Å². The van der Waals surface area contributed by atoms with Gasteiger partial charge in [-0.05, 0) is 62.5 Å². The van der Waals surface area contributed by atoms with E-state index in [1.165, 1.54) is 13.0 Å². The molecule has 0 radical (unpaired) electrons. The molecule has 0 aliphatic carbocycles. The molecule has 0 bridgehead atoms. The summed E-state index contributed by atoms with van der Waals surface area (Å²) in [5.41, 5.74) is 3.48. The highest BCUT2D eigenvalue weighted by atomic mass is 19.1. The van der Waals surface area contributed by atoms with Crippen molar-refractivity contribution < 1.29 is 9.18 Å². The smallest absolute Gasteiger partial charge is 0.227 e. The maximum Gasteiger partial charge on any atom is 0.227 e. The molecule has 0 saturated heterocycles. The lowest BCUT2D eigenvalue weighted by Gasteiger charge is -2.14. The van der Waals surface area contributed by atoms with Crippen LogP contribution < -0.4 is 10.6 Å². The molecule has 0 atom stereocenters. The SMILES string of the molecule is CC(=O)Nc1cc(CN(C)C)cc(Nc2ncc3cc(C)cc(F)c3n2)c1. The van der Waals surface area contributed by atoms with Gasteiger partial charge in [0.1, 0.15) is 11.3 Å². The van der Waals surface area contributed by atoms with Gasteiger partial charge in [-0.3, -0.25) is 4.79 Å². The second kappa shape index (κ2) is 7.67. The van der Waals surface area contributed by atoms with Gasteiger partial charge in [0.05, 0.1) is 0 Å². The Kier molecular flexibility index (Phi) is 5.32. The van der Waals surface area contributed by atoms with Gasteiger partial charge >= 0.3 is 0 Å². The quantitative estimate of drug-likeness (QED) is 0.717. The predicted molar refractivity (Wildman–Crippen MR) is 106 cm³/mol. The van der Waals surface area contributed by atoms with Crippen LogP contribution in [0.1, 0.15) is 18.1 Å². The number of halogens is 1. The number of aromatic nitrogens is 2. The molecular formula is C20H22FN5O. The number of hydrogen-bond donors (Lipinski definition) is 2. The molecule has 7 heteroatoms. The van der Waals surface area contributed by atoms with E-state index in [0.29, 0.717) is 29.3 Å². The summed E-state index contributed by atoms with van der Waals surface area (Å²) < 4.78 is 14.2. The molecule has 140 valence electrons. The molecule has 6 nitrogen and oxygen atoms in total. The van der Waals surface area contributed by atoms with Crippen molar-refractivity contribution in [3.05, 3.63) is 53.5 Å². The summed E-state index contributed by atoms with van der Waals surface area (Å²) in [5, 5.41) is 6.55. The average molecular weight is 367 g/mol. The van der Waals surface area contributed by atoms with Crippen molar-refractivity contribution in [3.63, 3.8) is 0 Å². The Bertz CT molecular complexity index is 1000. The van der Waals surface area contributed by atoms with Crippen LogP contribution >= 0.6 is 0 Å². The van der Waals surface area contributed by atoms with Gasteiger partial charge in [-0.25, -0.2) is 14.4 Å². The van der Waals surface area contributed by atoms with Crippen LogP contribution in [0.2, 0.25) is 0 Å². The normalized spacial score (nSPS) is 11.0. The van der Waals surface area contributed by atoms with Crippen LogP contribution in [-0.4, -0.2) is 34.9 Å². The molecule has 1 aromatic heterocycles. The minimum absolute atomic E-state index is 0.151. The van der Waals surface area contributed by atoms with Crippen LogP contribution in [-0.2, 0) is 11.3 Å². The molecule has 0 fully saturated rings. The number of aryl methyl sites for hydroxylation is 1. The van der Waals surface area contributed by atoms with Crippen molar-refractivity contribution in [3.8, 4) is 0 Å². The van der Waals surface area contributed by atoms with Crippen LogP contribution in [0, 0.1) is 12.7 Å². The maximum atomic E-state index is 14.2. The first-order chi connectivity index (χ1) is 12.8. The molecule has 0 saturated carbocycles. The van der Waals surface area contributed by atoms with Crippen molar-refractivity contribution >= 4 is 34.1 Å². The lowest BCUT2D eigenvalue weighted by atomic mass is 10.1. The highest BCUT2D eigenvalue weighted by Crippen LogP contribution is 2.24. The third-order valence-electron chi connectivity index (χ3n) is 3.85. The van der Waals surface area contributed by atoms with Crippen molar-refractivity contribution in [2.45, 2.75) is 20.4 Å². The predicted octanol–water partition coefficient (Wildman–Crippen LogP) is 3.84. The molecule has 2 aromatic carbocycles. The van der Waals surface area contributed by atoms with Gasteiger partial charge in [0.2, 0.25) is 11.9 Å². The highest BCUT2D eigenvalue weighted by Gasteiger charge is 2.09. The fourth-order valence-corrected chi connectivity index (χ4v) is 2.93. The zero-order valence-corrected chi connectivity index (χ0v) is 15.8. The second-order valence-corrected chi connectivity index (χ2v) is 6.84. The fraction of sp³-hybridized carbons (Fsp3) is 0.250. The third-order valence-corrected chi connectivity index (χ3v) is 3.85. The van der Waals surface area contributed by atoms with E-state index in [4.69, 9.17) is 0 Å².